The Morgan fingerprint density at radius 1 is 1.25 bits per heavy atom. The van der Waals surface area contributed by atoms with Crippen molar-refractivity contribution < 1.29 is 4.79 Å². The van der Waals surface area contributed by atoms with Crippen molar-refractivity contribution in [2.75, 3.05) is 42.3 Å². The lowest BCUT2D eigenvalue weighted by Gasteiger charge is -2.32. The van der Waals surface area contributed by atoms with Crippen LogP contribution in [-0.2, 0) is 4.79 Å². The van der Waals surface area contributed by atoms with Crippen LogP contribution in [0.4, 0.5) is 17.3 Å². The third-order valence-corrected chi connectivity index (χ3v) is 4.14. The number of aromatic nitrogens is 3. The Hall–Kier alpha value is -2.70. The topological polar surface area (TPSA) is 74.2 Å². The second-order valence-electron chi connectivity index (χ2n) is 6.14. The van der Waals surface area contributed by atoms with Crippen LogP contribution in [0.2, 0.25) is 0 Å². The number of hydrogen-bond donors (Lipinski definition) is 1. The summed E-state index contributed by atoms with van der Waals surface area (Å²) in [6.45, 7) is 1.56. The highest BCUT2D eigenvalue weighted by molar-refractivity contribution is 5.93. The third kappa shape index (κ3) is 3.79. The van der Waals surface area contributed by atoms with Crippen LogP contribution < -0.4 is 15.1 Å². The van der Waals surface area contributed by atoms with Gasteiger partial charge in [0.2, 0.25) is 5.91 Å². The molecule has 7 heteroatoms. The number of amides is 1. The van der Waals surface area contributed by atoms with E-state index in [4.69, 9.17) is 0 Å². The van der Waals surface area contributed by atoms with Crippen molar-refractivity contribution in [3.63, 3.8) is 0 Å². The van der Waals surface area contributed by atoms with E-state index in [1.807, 2.05) is 31.1 Å². The van der Waals surface area contributed by atoms with Crippen LogP contribution in [0.25, 0.3) is 0 Å². The maximum absolute atomic E-state index is 12.6. The van der Waals surface area contributed by atoms with Gasteiger partial charge < -0.3 is 15.1 Å². The quantitative estimate of drug-likeness (QED) is 0.923. The van der Waals surface area contributed by atoms with E-state index in [0.29, 0.717) is 6.54 Å². The van der Waals surface area contributed by atoms with E-state index in [9.17, 15) is 4.79 Å². The average molecular weight is 326 g/mol. The minimum absolute atomic E-state index is 0.0305. The van der Waals surface area contributed by atoms with E-state index in [1.165, 1.54) is 0 Å². The van der Waals surface area contributed by atoms with Gasteiger partial charge in [0, 0.05) is 39.6 Å². The van der Waals surface area contributed by atoms with Gasteiger partial charge >= 0.3 is 0 Å². The standard InChI is InChI=1S/C17H22N6O/c1-22(2)15-6-5-14(10-20-15)21-17(24)13-4-3-9-23(12-13)16-11-18-7-8-19-16/h5-8,10-11,13H,3-4,9,12H2,1-2H3,(H,21,24)/t13-/m1/s1. The number of carbonyl (C=O) groups is 1. The van der Waals surface area contributed by atoms with Crippen molar-refractivity contribution in [3.05, 3.63) is 36.9 Å². The van der Waals surface area contributed by atoms with Gasteiger partial charge in [-0.15, -0.1) is 0 Å². The van der Waals surface area contributed by atoms with Gasteiger partial charge in [0.05, 0.1) is 24.0 Å². The van der Waals surface area contributed by atoms with Gasteiger partial charge in [-0.3, -0.25) is 9.78 Å². The molecule has 0 radical (unpaired) electrons. The highest BCUT2D eigenvalue weighted by Gasteiger charge is 2.26. The van der Waals surface area contributed by atoms with E-state index >= 15 is 0 Å². The minimum atomic E-state index is -0.0609. The molecule has 3 rings (SSSR count). The van der Waals surface area contributed by atoms with Gasteiger partial charge in [0.25, 0.3) is 0 Å². The molecule has 0 aromatic carbocycles. The Bertz CT molecular complexity index is 673. The smallest absolute Gasteiger partial charge is 0.229 e. The largest absolute Gasteiger partial charge is 0.363 e. The Labute approximate surface area is 141 Å². The first-order chi connectivity index (χ1) is 11.6. The molecule has 3 heterocycles. The van der Waals surface area contributed by atoms with E-state index in [1.54, 1.807) is 24.8 Å². The zero-order valence-corrected chi connectivity index (χ0v) is 14.0. The molecule has 1 amide bonds. The van der Waals surface area contributed by atoms with E-state index in [-0.39, 0.29) is 11.8 Å². The van der Waals surface area contributed by atoms with Crippen LogP contribution in [0, 0.1) is 5.92 Å². The van der Waals surface area contributed by atoms with Gasteiger partial charge in [-0.2, -0.15) is 0 Å². The molecule has 1 aliphatic heterocycles. The van der Waals surface area contributed by atoms with Crippen molar-refractivity contribution in [2.45, 2.75) is 12.8 Å². The molecule has 1 fully saturated rings. The highest BCUT2D eigenvalue weighted by Crippen LogP contribution is 2.22. The molecule has 1 atom stereocenters. The number of piperidine rings is 1. The molecule has 126 valence electrons. The number of anilines is 3. The predicted molar refractivity (Wildman–Crippen MR) is 94.2 cm³/mol. The zero-order valence-electron chi connectivity index (χ0n) is 14.0. The maximum Gasteiger partial charge on any atom is 0.229 e. The van der Waals surface area contributed by atoms with Crippen molar-refractivity contribution >= 4 is 23.2 Å². The summed E-state index contributed by atoms with van der Waals surface area (Å²) in [5.74, 6) is 1.66. The molecular weight excluding hydrogens is 304 g/mol. The van der Waals surface area contributed by atoms with Gasteiger partial charge in [0.1, 0.15) is 11.6 Å². The Morgan fingerprint density at radius 2 is 2.12 bits per heavy atom. The zero-order chi connectivity index (χ0) is 16.9. The molecule has 2 aromatic heterocycles. The van der Waals surface area contributed by atoms with Crippen LogP contribution in [-0.4, -0.2) is 48.0 Å². The summed E-state index contributed by atoms with van der Waals surface area (Å²) in [6.07, 6.45) is 8.61. The van der Waals surface area contributed by atoms with Crippen molar-refractivity contribution in [2.24, 2.45) is 5.92 Å². The molecule has 0 aliphatic carbocycles. The van der Waals surface area contributed by atoms with Gasteiger partial charge in [0.15, 0.2) is 0 Å². The van der Waals surface area contributed by atoms with E-state index in [0.717, 1.165) is 36.7 Å². The molecule has 0 bridgehead atoms. The van der Waals surface area contributed by atoms with Crippen LogP contribution in [0.15, 0.2) is 36.9 Å². The Kier molecular flexibility index (Phi) is 4.88. The third-order valence-electron chi connectivity index (χ3n) is 4.14. The minimum Gasteiger partial charge on any atom is -0.363 e. The fourth-order valence-electron chi connectivity index (χ4n) is 2.82. The van der Waals surface area contributed by atoms with Gasteiger partial charge in [-0.05, 0) is 25.0 Å². The maximum atomic E-state index is 12.6. The fraction of sp³-hybridized carbons (Fsp3) is 0.412. The predicted octanol–water partition coefficient (Wildman–Crippen LogP) is 1.79. The highest BCUT2D eigenvalue weighted by atomic mass is 16.1. The summed E-state index contributed by atoms with van der Waals surface area (Å²) < 4.78 is 0. The van der Waals surface area contributed by atoms with Crippen LogP contribution in [0.5, 0.6) is 0 Å². The van der Waals surface area contributed by atoms with Crippen molar-refractivity contribution in [1.82, 2.24) is 15.0 Å². The van der Waals surface area contributed by atoms with Crippen molar-refractivity contribution in [3.8, 4) is 0 Å². The first-order valence-corrected chi connectivity index (χ1v) is 8.08. The lowest BCUT2D eigenvalue weighted by atomic mass is 9.97. The first kappa shape index (κ1) is 16.2. The summed E-state index contributed by atoms with van der Waals surface area (Å²) in [6, 6.07) is 3.77. The Morgan fingerprint density at radius 3 is 2.79 bits per heavy atom. The molecule has 0 unspecified atom stereocenters. The van der Waals surface area contributed by atoms with Gasteiger partial charge in [-0.1, -0.05) is 0 Å². The molecule has 1 N–H and O–H groups in total. The average Bonchev–Trinajstić information content (AvgIpc) is 2.63. The second kappa shape index (κ2) is 7.25. The first-order valence-electron chi connectivity index (χ1n) is 8.08. The molecule has 24 heavy (non-hydrogen) atoms. The summed E-state index contributed by atoms with van der Waals surface area (Å²) >= 11 is 0. The van der Waals surface area contributed by atoms with E-state index < -0.39 is 0 Å². The molecule has 0 spiro atoms. The SMILES string of the molecule is CN(C)c1ccc(NC(=O)[C@@H]2CCCN(c3cnccn3)C2)cn1. The summed E-state index contributed by atoms with van der Waals surface area (Å²) in [7, 11) is 3.87. The summed E-state index contributed by atoms with van der Waals surface area (Å²) in [5.41, 5.74) is 0.724. The Balaban J connectivity index is 1.62. The monoisotopic (exact) mass is 326 g/mol. The number of hydrogen-bond acceptors (Lipinski definition) is 6. The summed E-state index contributed by atoms with van der Waals surface area (Å²) in [4.78, 5) is 29.3. The number of pyridine rings is 1. The molecule has 7 nitrogen and oxygen atoms in total. The normalized spacial score (nSPS) is 17.4. The molecule has 1 aliphatic rings. The summed E-state index contributed by atoms with van der Waals surface area (Å²) in [5, 5.41) is 2.97. The molecule has 0 saturated carbocycles. The molecule has 2 aromatic rings. The number of nitrogens with one attached hydrogen (secondary N) is 1. The number of nitrogens with zero attached hydrogens (tertiary/aromatic N) is 5. The van der Waals surface area contributed by atoms with Crippen LogP contribution >= 0.6 is 0 Å². The van der Waals surface area contributed by atoms with Crippen LogP contribution in [0.1, 0.15) is 12.8 Å². The lowest BCUT2D eigenvalue weighted by Crippen LogP contribution is -2.41. The number of carbonyl (C=O) groups excluding carboxylic acids is 1. The fourth-order valence-corrected chi connectivity index (χ4v) is 2.82. The van der Waals surface area contributed by atoms with Gasteiger partial charge in [-0.25, -0.2) is 9.97 Å². The molecule has 1 saturated heterocycles. The van der Waals surface area contributed by atoms with Crippen molar-refractivity contribution in [1.29, 1.82) is 0 Å². The second-order valence-corrected chi connectivity index (χ2v) is 6.14. The van der Waals surface area contributed by atoms with E-state index in [2.05, 4.69) is 25.2 Å². The van der Waals surface area contributed by atoms with Crippen LogP contribution in [0.3, 0.4) is 0 Å². The lowest BCUT2D eigenvalue weighted by molar-refractivity contribution is -0.120. The molecular formula is C17H22N6O. The number of rotatable bonds is 4.